The number of rotatable bonds is 6. The molecule has 2 fully saturated rings. The van der Waals surface area contributed by atoms with Gasteiger partial charge in [-0.2, -0.15) is 0 Å². The van der Waals surface area contributed by atoms with Crippen LogP contribution in [0.5, 0.6) is 0 Å². The lowest BCUT2D eigenvalue weighted by Crippen LogP contribution is -2.52. The molecule has 0 spiro atoms. The topological polar surface area (TPSA) is 73.5 Å². The minimum atomic E-state index is -0.354. The third kappa shape index (κ3) is 5.28. The Balaban J connectivity index is 1.75. The van der Waals surface area contributed by atoms with E-state index in [9.17, 15) is 9.59 Å². The van der Waals surface area contributed by atoms with Gasteiger partial charge in [-0.05, 0) is 18.8 Å². The molecule has 0 aromatic rings. The lowest BCUT2D eigenvalue weighted by Gasteiger charge is -2.28. The number of piperazine rings is 1. The van der Waals surface area contributed by atoms with Crippen molar-refractivity contribution in [3.63, 3.8) is 0 Å². The zero-order chi connectivity index (χ0) is 15.1. The van der Waals surface area contributed by atoms with Crippen LogP contribution in [0.1, 0.15) is 32.6 Å². The van der Waals surface area contributed by atoms with Crippen LogP contribution in [0.15, 0.2) is 0 Å². The summed E-state index contributed by atoms with van der Waals surface area (Å²) in [5, 5.41) is 9.15. The predicted octanol–water partition coefficient (Wildman–Crippen LogP) is -0.297. The van der Waals surface area contributed by atoms with Crippen molar-refractivity contribution in [2.75, 3.05) is 39.3 Å². The van der Waals surface area contributed by atoms with Gasteiger partial charge < -0.3 is 16.0 Å². The third-order valence-electron chi connectivity index (χ3n) is 4.45. The molecular formula is C15H28N4O2. The summed E-state index contributed by atoms with van der Waals surface area (Å²) in [6.45, 7) is 7.12. The summed E-state index contributed by atoms with van der Waals surface area (Å²) in [4.78, 5) is 26.0. The van der Waals surface area contributed by atoms with Crippen LogP contribution in [-0.4, -0.2) is 62.0 Å². The van der Waals surface area contributed by atoms with Crippen LogP contribution in [0.25, 0.3) is 0 Å². The molecule has 21 heavy (non-hydrogen) atoms. The SMILES string of the molecule is CC(=O)NC(C(=O)NCCN1CCNCC1)C1CCCC1. The fourth-order valence-corrected chi connectivity index (χ4v) is 3.29. The molecule has 1 saturated heterocycles. The second-order valence-electron chi connectivity index (χ2n) is 6.11. The number of amides is 2. The first-order valence-electron chi connectivity index (χ1n) is 8.14. The minimum absolute atomic E-state index is 0.0211. The second-order valence-corrected chi connectivity index (χ2v) is 6.11. The summed E-state index contributed by atoms with van der Waals surface area (Å²) in [5.74, 6) is 0.157. The van der Waals surface area contributed by atoms with E-state index >= 15 is 0 Å². The van der Waals surface area contributed by atoms with Gasteiger partial charge in [0, 0.05) is 46.2 Å². The average Bonchev–Trinajstić information content (AvgIpc) is 2.99. The van der Waals surface area contributed by atoms with E-state index in [4.69, 9.17) is 0 Å². The molecular weight excluding hydrogens is 268 g/mol. The van der Waals surface area contributed by atoms with Crippen molar-refractivity contribution in [2.24, 2.45) is 5.92 Å². The summed E-state index contributed by atoms with van der Waals surface area (Å²) >= 11 is 0. The fourth-order valence-electron chi connectivity index (χ4n) is 3.29. The van der Waals surface area contributed by atoms with Crippen molar-refractivity contribution in [3.8, 4) is 0 Å². The number of carbonyl (C=O) groups is 2. The molecule has 0 radical (unpaired) electrons. The molecule has 0 aromatic heterocycles. The highest BCUT2D eigenvalue weighted by atomic mass is 16.2. The predicted molar refractivity (Wildman–Crippen MR) is 81.9 cm³/mol. The van der Waals surface area contributed by atoms with E-state index in [2.05, 4.69) is 20.9 Å². The Morgan fingerprint density at radius 3 is 2.52 bits per heavy atom. The Morgan fingerprint density at radius 1 is 1.24 bits per heavy atom. The zero-order valence-electron chi connectivity index (χ0n) is 13.0. The standard InChI is InChI=1S/C15H28N4O2/c1-12(20)18-14(13-4-2-3-5-13)15(21)17-8-11-19-9-6-16-7-10-19/h13-14,16H,2-11H2,1H3,(H,17,21)(H,18,20). The molecule has 1 aliphatic heterocycles. The molecule has 2 aliphatic rings. The molecule has 6 heteroatoms. The van der Waals surface area contributed by atoms with Crippen molar-refractivity contribution < 1.29 is 9.59 Å². The Hall–Kier alpha value is -1.14. The first-order valence-corrected chi connectivity index (χ1v) is 8.14. The van der Waals surface area contributed by atoms with E-state index in [-0.39, 0.29) is 17.9 Å². The lowest BCUT2D eigenvalue weighted by molar-refractivity contribution is -0.129. The van der Waals surface area contributed by atoms with Crippen molar-refractivity contribution >= 4 is 11.8 Å². The van der Waals surface area contributed by atoms with Crippen LogP contribution in [0.2, 0.25) is 0 Å². The highest BCUT2D eigenvalue weighted by Crippen LogP contribution is 2.27. The van der Waals surface area contributed by atoms with Crippen molar-refractivity contribution in [3.05, 3.63) is 0 Å². The van der Waals surface area contributed by atoms with Gasteiger partial charge in [0.15, 0.2) is 0 Å². The van der Waals surface area contributed by atoms with Crippen LogP contribution < -0.4 is 16.0 Å². The monoisotopic (exact) mass is 296 g/mol. The van der Waals surface area contributed by atoms with Gasteiger partial charge in [-0.3, -0.25) is 14.5 Å². The van der Waals surface area contributed by atoms with E-state index in [1.165, 1.54) is 6.92 Å². The highest BCUT2D eigenvalue weighted by Gasteiger charge is 2.31. The summed E-state index contributed by atoms with van der Waals surface area (Å²) in [5.41, 5.74) is 0. The quantitative estimate of drug-likeness (QED) is 0.629. The van der Waals surface area contributed by atoms with E-state index in [1.807, 2.05) is 0 Å². The van der Waals surface area contributed by atoms with Crippen LogP contribution in [0.4, 0.5) is 0 Å². The van der Waals surface area contributed by atoms with Gasteiger partial charge in [-0.1, -0.05) is 12.8 Å². The Labute approximate surface area is 127 Å². The van der Waals surface area contributed by atoms with Gasteiger partial charge in [0.1, 0.15) is 6.04 Å². The second kappa shape index (κ2) is 8.34. The van der Waals surface area contributed by atoms with Gasteiger partial charge in [-0.25, -0.2) is 0 Å². The molecule has 1 heterocycles. The van der Waals surface area contributed by atoms with Gasteiger partial charge in [0.05, 0.1) is 0 Å². The lowest BCUT2D eigenvalue weighted by atomic mass is 9.97. The average molecular weight is 296 g/mol. The molecule has 0 aromatic carbocycles. The van der Waals surface area contributed by atoms with Gasteiger partial charge in [-0.15, -0.1) is 0 Å². The highest BCUT2D eigenvalue weighted by molar-refractivity contribution is 5.87. The molecule has 6 nitrogen and oxygen atoms in total. The minimum Gasteiger partial charge on any atom is -0.353 e. The van der Waals surface area contributed by atoms with E-state index < -0.39 is 0 Å². The maximum atomic E-state index is 12.4. The molecule has 2 rings (SSSR count). The normalized spacial score (nSPS) is 22.0. The summed E-state index contributed by atoms with van der Waals surface area (Å²) < 4.78 is 0. The fraction of sp³-hybridized carbons (Fsp3) is 0.867. The van der Waals surface area contributed by atoms with Crippen molar-refractivity contribution in [1.82, 2.24) is 20.9 Å². The summed E-state index contributed by atoms with van der Waals surface area (Å²) in [6, 6.07) is -0.354. The maximum absolute atomic E-state index is 12.4. The van der Waals surface area contributed by atoms with Crippen LogP contribution in [0, 0.1) is 5.92 Å². The van der Waals surface area contributed by atoms with Crippen LogP contribution >= 0.6 is 0 Å². The van der Waals surface area contributed by atoms with Gasteiger partial charge >= 0.3 is 0 Å². The Kier molecular flexibility index (Phi) is 6.45. The molecule has 1 saturated carbocycles. The van der Waals surface area contributed by atoms with E-state index in [1.54, 1.807) is 0 Å². The first kappa shape index (κ1) is 16.2. The molecule has 3 N–H and O–H groups in total. The molecule has 2 amide bonds. The van der Waals surface area contributed by atoms with E-state index in [0.29, 0.717) is 12.5 Å². The molecule has 1 atom stereocenters. The van der Waals surface area contributed by atoms with Crippen molar-refractivity contribution in [2.45, 2.75) is 38.6 Å². The molecule has 1 unspecified atom stereocenters. The number of hydrogen-bond acceptors (Lipinski definition) is 4. The van der Waals surface area contributed by atoms with Gasteiger partial charge in [0.2, 0.25) is 11.8 Å². The number of nitrogens with one attached hydrogen (secondary N) is 3. The third-order valence-corrected chi connectivity index (χ3v) is 4.45. The van der Waals surface area contributed by atoms with Crippen LogP contribution in [0.3, 0.4) is 0 Å². The number of nitrogens with zero attached hydrogens (tertiary/aromatic N) is 1. The number of hydrogen-bond donors (Lipinski definition) is 3. The Morgan fingerprint density at radius 2 is 1.90 bits per heavy atom. The summed E-state index contributed by atoms with van der Waals surface area (Å²) in [6.07, 6.45) is 4.40. The summed E-state index contributed by atoms with van der Waals surface area (Å²) in [7, 11) is 0. The van der Waals surface area contributed by atoms with Gasteiger partial charge in [0.25, 0.3) is 0 Å². The molecule has 120 valence electrons. The smallest absolute Gasteiger partial charge is 0.242 e. The van der Waals surface area contributed by atoms with E-state index in [0.717, 1.165) is 58.4 Å². The first-order chi connectivity index (χ1) is 10.2. The zero-order valence-corrected chi connectivity index (χ0v) is 13.0. The van der Waals surface area contributed by atoms with Crippen molar-refractivity contribution in [1.29, 1.82) is 0 Å². The van der Waals surface area contributed by atoms with Crippen LogP contribution in [-0.2, 0) is 9.59 Å². The molecule has 0 bridgehead atoms. The number of carbonyl (C=O) groups excluding carboxylic acids is 2. The molecule has 1 aliphatic carbocycles. The largest absolute Gasteiger partial charge is 0.353 e. The Bertz CT molecular complexity index is 350. The maximum Gasteiger partial charge on any atom is 0.242 e.